The average Bonchev–Trinajstić information content (AvgIpc) is 2.90. The molecule has 2 rings (SSSR count). The van der Waals surface area contributed by atoms with Crippen molar-refractivity contribution in [3.63, 3.8) is 0 Å². The minimum Gasteiger partial charge on any atom is -0.351 e. The molecule has 19 heavy (non-hydrogen) atoms. The average molecular weight is 338 g/mol. The van der Waals surface area contributed by atoms with Gasteiger partial charge in [-0.25, -0.2) is 0 Å². The van der Waals surface area contributed by atoms with Crippen LogP contribution in [0.25, 0.3) is 0 Å². The summed E-state index contributed by atoms with van der Waals surface area (Å²) in [5.41, 5.74) is 0.631. The molecule has 2 nitrogen and oxygen atoms in total. The first-order valence-electron chi connectivity index (χ1n) is 6.07. The number of hydrogen-bond donors (Lipinski definition) is 1. The quantitative estimate of drug-likeness (QED) is 0.889. The number of nitrogens with one attached hydrogen (secondary N) is 1. The van der Waals surface area contributed by atoms with E-state index in [1.165, 1.54) is 4.88 Å². The summed E-state index contributed by atoms with van der Waals surface area (Å²) in [5.74, 6) is -0.0362. The Hall–Kier alpha value is -1.13. The first-order chi connectivity index (χ1) is 8.99. The van der Waals surface area contributed by atoms with Gasteiger partial charge in [0.1, 0.15) is 0 Å². The molecule has 0 radical (unpaired) electrons. The van der Waals surface area contributed by atoms with E-state index in [0.29, 0.717) is 12.1 Å². The summed E-state index contributed by atoms with van der Waals surface area (Å²) in [6, 6.07) is 11.6. The van der Waals surface area contributed by atoms with Crippen LogP contribution in [0.2, 0.25) is 0 Å². The van der Waals surface area contributed by atoms with Gasteiger partial charge in [0.25, 0.3) is 5.91 Å². The number of hydrogen-bond acceptors (Lipinski definition) is 2. The van der Waals surface area contributed by atoms with E-state index >= 15 is 0 Å². The van der Waals surface area contributed by atoms with Gasteiger partial charge in [-0.1, -0.05) is 41.9 Å². The molecule has 1 amide bonds. The third-order valence-corrected chi connectivity index (χ3v) is 4.69. The Kier molecular flexibility index (Phi) is 4.42. The van der Waals surface area contributed by atoms with Gasteiger partial charge in [-0.2, -0.15) is 0 Å². The fourth-order valence-corrected chi connectivity index (χ4v) is 3.04. The zero-order chi connectivity index (χ0) is 13.9. The van der Waals surface area contributed by atoms with Crippen molar-refractivity contribution in [2.45, 2.75) is 19.3 Å². The summed E-state index contributed by atoms with van der Waals surface area (Å²) in [4.78, 5) is 13.4. The number of rotatable bonds is 4. The normalized spacial score (nSPS) is 11.3. The van der Waals surface area contributed by atoms with Gasteiger partial charge < -0.3 is 5.32 Å². The van der Waals surface area contributed by atoms with Gasteiger partial charge in [0.2, 0.25) is 0 Å². The fourth-order valence-electron chi connectivity index (χ4n) is 1.78. The number of carbonyl (C=O) groups is 1. The van der Waals surface area contributed by atoms with E-state index in [2.05, 4.69) is 46.5 Å². The van der Waals surface area contributed by atoms with Crippen molar-refractivity contribution in [3.05, 3.63) is 56.7 Å². The van der Waals surface area contributed by atoms with E-state index in [-0.39, 0.29) is 11.3 Å². The van der Waals surface area contributed by atoms with E-state index < -0.39 is 0 Å². The molecule has 1 aromatic heterocycles. The molecule has 100 valence electrons. The van der Waals surface area contributed by atoms with Gasteiger partial charge in [-0.3, -0.25) is 4.79 Å². The van der Waals surface area contributed by atoms with E-state index in [4.69, 9.17) is 0 Å². The van der Waals surface area contributed by atoms with Gasteiger partial charge in [-0.05, 0) is 29.6 Å². The Balaban J connectivity index is 2.01. The summed E-state index contributed by atoms with van der Waals surface area (Å²) in [6.07, 6.45) is 0. The van der Waals surface area contributed by atoms with Crippen LogP contribution in [0.5, 0.6) is 0 Å². The Morgan fingerprint density at radius 2 is 2.11 bits per heavy atom. The van der Waals surface area contributed by atoms with Gasteiger partial charge in [0.15, 0.2) is 0 Å². The van der Waals surface area contributed by atoms with Crippen LogP contribution in [0.3, 0.4) is 0 Å². The second kappa shape index (κ2) is 5.88. The predicted molar refractivity (Wildman–Crippen MR) is 83.8 cm³/mol. The highest BCUT2D eigenvalue weighted by atomic mass is 79.9. The summed E-state index contributed by atoms with van der Waals surface area (Å²) < 4.78 is 0.915. The minimum atomic E-state index is -0.0458. The van der Waals surface area contributed by atoms with Crippen LogP contribution in [-0.2, 0) is 5.41 Å². The van der Waals surface area contributed by atoms with Crippen molar-refractivity contribution in [3.8, 4) is 0 Å². The molecule has 1 heterocycles. The number of carbonyl (C=O) groups excluding carboxylic acids is 1. The number of benzene rings is 1. The Morgan fingerprint density at radius 3 is 2.74 bits per heavy atom. The predicted octanol–water partition coefficient (Wildman–Crippen LogP) is 4.22. The summed E-state index contributed by atoms with van der Waals surface area (Å²) in [6.45, 7) is 4.90. The van der Waals surface area contributed by atoms with Crippen molar-refractivity contribution in [2.75, 3.05) is 6.54 Å². The third-order valence-electron chi connectivity index (χ3n) is 2.97. The number of thiophene rings is 1. The SMILES string of the molecule is CC(C)(CNC(=O)c1cccc(Br)c1)c1cccs1. The molecular weight excluding hydrogens is 322 g/mol. The van der Waals surface area contributed by atoms with Crippen LogP contribution in [0.15, 0.2) is 46.3 Å². The molecule has 0 bridgehead atoms. The molecule has 0 saturated carbocycles. The molecule has 0 saturated heterocycles. The van der Waals surface area contributed by atoms with Gasteiger partial charge in [0.05, 0.1) is 0 Å². The first-order valence-corrected chi connectivity index (χ1v) is 7.74. The highest BCUT2D eigenvalue weighted by Gasteiger charge is 2.22. The molecular formula is C15H16BrNOS. The van der Waals surface area contributed by atoms with Crippen molar-refractivity contribution in [1.82, 2.24) is 5.32 Å². The Morgan fingerprint density at radius 1 is 1.32 bits per heavy atom. The molecule has 0 aliphatic rings. The first kappa shape index (κ1) is 14.3. The molecule has 4 heteroatoms. The van der Waals surface area contributed by atoms with Gasteiger partial charge in [-0.15, -0.1) is 11.3 Å². The Labute approximate surface area is 126 Å². The van der Waals surface area contributed by atoms with Crippen LogP contribution in [-0.4, -0.2) is 12.5 Å². The monoisotopic (exact) mass is 337 g/mol. The van der Waals surface area contributed by atoms with Crippen molar-refractivity contribution in [2.24, 2.45) is 0 Å². The molecule has 1 aromatic carbocycles. The maximum Gasteiger partial charge on any atom is 0.251 e. The van der Waals surface area contributed by atoms with Crippen LogP contribution in [0, 0.1) is 0 Å². The lowest BCUT2D eigenvalue weighted by molar-refractivity contribution is 0.0946. The largest absolute Gasteiger partial charge is 0.351 e. The maximum absolute atomic E-state index is 12.1. The lowest BCUT2D eigenvalue weighted by Gasteiger charge is -2.23. The zero-order valence-corrected chi connectivity index (χ0v) is 13.3. The highest BCUT2D eigenvalue weighted by Crippen LogP contribution is 2.26. The molecule has 1 N–H and O–H groups in total. The number of halogens is 1. The Bertz CT molecular complexity index is 563. The fraction of sp³-hybridized carbons (Fsp3) is 0.267. The summed E-state index contributed by atoms with van der Waals surface area (Å²) >= 11 is 5.10. The molecule has 0 fully saturated rings. The van der Waals surface area contributed by atoms with E-state index in [9.17, 15) is 4.79 Å². The maximum atomic E-state index is 12.1. The lowest BCUT2D eigenvalue weighted by Crippen LogP contribution is -2.36. The van der Waals surface area contributed by atoms with Crippen LogP contribution < -0.4 is 5.32 Å². The molecule has 0 spiro atoms. The van der Waals surface area contributed by atoms with Crippen molar-refractivity contribution >= 4 is 33.2 Å². The van der Waals surface area contributed by atoms with Gasteiger partial charge in [0, 0.05) is 26.9 Å². The topological polar surface area (TPSA) is 29.1 Å². The lowest BCUT2D eigenvalue weighted by atomic mass is 9.91. The molecule has 0 aliphatic carbocycles. The second-order valence-corrected chi connectivity index (χ2v) is 6.92. The van der Waals surface area contributed by atoms with Crippen LogP contribution in [0.4, 0.5) is 0 Å². The smallest absolute Gasteiger partial charge is 0.251 e. The van der Waals surface area contributed by atoms with Crippen LogP contribution >= 0.6 is 27.3 Å². The number of amides is 1. The van der Waals surface area contributed by atoms with Gasteiger partial charge >= 0.3 is 0 Å². The molecule has 0 aliphatic heterocycles. The molecule has 2 aromatic rings. The van der Waals surface area contributed by atoms with E-state index in [1.807, 2.05) is 30.3 Å². The standard InChI is InChI=1S/C15H16BrNOS/c1-15(2,13-7-4-8-19-13)10-17-14(18)11-5-3-6-12(16)9-11/h3-9H,10H2,1-2H3,(H,17,18). The van der Waals surface area contributed by atoms with Crippen molar-refractivity contribution in [1.29, 1.82) is 0 Å². The third kappa shape index (κ3) is 3.67. The van der Waals surface area contributed by atoms with E-state index in [0.717, 1.165) is 4.47 Å². The second-order valence-electron chi connectivity index (χ2n) is 5.05. The van der Waals surface area contributed by atoms with Crippen molar-refractivity contribution < 1.29 is 4.79 Å². The van der Waals surface area contributed by atoms with E-state index in [1.54, 1.807) is 11.3 Å². The minimum absolute atomic E-state index is 0.0362. The zero-order valence-electron chi connectivity index (χ0n) is 10.9. The summed E-state index contributed by atoms with van der Waals surface area (Å²) in [5, 5.41) is 5.06. The molecule has 0 unspecified atom stereocenters. The molecule has 0 atom stereocenters. The highest BCUT2D eigenvalue weighted by molar-refractivity contribution is 9.10. The van der Waals surface area contributed by atoms with Crippen LogP contribution in [0.1, 0.15) is 29.1 Å². The summed E-state index contributed by atoms with van der Waals surface area (Å²) in [7, 11) is 0.